The van der Waals surface area contributed by atoms with E-state index >= 15 is 0 Å². The van der Waals surface area contributed by atoms with E-state index in [4.69, 9.17) is 0 Å². The Hall–Kier alpha value is -1.47. The van der Waals surface area contributed by atoms with Crippen LogP contribution in [0.4, 0.5) is 30.7 Å². The molecule has 0 unspecified atom stereocenters. The van der Waals surface area contributed by atoms with Crippen LogP contribution in [0.5, 0.6) is 0 Å². The topological polar surface area (TPSA) is 3.24 Å². The smallest absolute Gasteiger partial charge is 0.340 e. The third-order valence-electron chi connectivity index (χ3n) is 2.67. The highest BCUT2D eigenvalue weighted by molar-refractivity contribution is 5.38. The Morgan fingerprint density at radius 1 is 0.944 bits per heavy atom. The number of rotatable bonds is 1. The normalized spacial score (nSPS) is 28.1. The van der Waals surface area contributed by atoms with E-state index in [2.05, 4.69) is 0 Å². The molecule has 8 heteroatoms. The van der Waals surface area contributed by atoms with Gasteiger partial charge in [0.05, 0.1) is 0 Å². The molecule has 1 aliphatic heterocycles. The summed E-state index contributed by atoms with van der Waals surface area (Å²) in [5.74, 6) is -19.4. The minimum atomic E-state index is -5.78. The van der Waals surface area contributed by atoms with Gasteiger partial charge in [0.2, 0.25) is 5.83 Å². The van der Waals surface area contributed by atoms with Gasteiger partial charge >= 0.3 is 17.8 Å². The summed E-state index contributed by atoms with van der Waals surface area (Å²) in [5, 5.41) is 0. The van der Waals surface area contributed by atoms with Gasteiger partial charge in [0.25, 0.3) is 0 Å². The van der Waals surface area contributed by atoms with Crippen molar-refractivity contribution >= 4 is 0 Å². The van der Waals surface area contributed by atoms with Crippen LogP contribution in [0.15, 0.2) is 36.0 Å². The van der Waals surface area contributed by atoms with E-state index in [1.165, 1.54) is 12.2 Å². The number of hydrogen-bond acceptors (Lipinski definition) is 1. The molecule has 0 saturated carbocycles. The van der Waals surface area contributed by atoms with Gasteiger partial charge < -0.3 is 4.90 Å². The van der Waals surface area contributed by atoms with Crippen LogP contribution in [0, 0.1) is 0 Å². The second kappa shape index (κ2) is 3.52. The van der Waals surface area contributed by atoms with Crippen molar-refractivity contribution in [2.24, 2.45) is 0 Å². The largest absolute Gasteiger partial charge is 0.384 e. The zero-order valence-electron chi connectivity index (χ0n) is 8.61. The first-order chi connectivity index (χ1) is 8.14. The zero-order chi connectivity index (χ0) is 13.8. The number of halogens is 7. The number of alkyl halides is 6. The fourth-order valence-electron chi connectivity index (χ4n) is 1.71. The maximum absolute atomic E-state index is 13.3. The lowest BCUT2D eigenvalue weighted by atomic mass is 10.1. The van der Waals surface area contributed by atoms with Gasteiger partial charge in [0.15, 0.2) is 0 Å². The van der Waals surface area contributed by atoms with Crippen molar-refractivity contribution in [2.45, 2.75) is 17.8 Å². The van der Waals surface area contributed by atoms with E-state index in [0.717, 1.165) is 12.3 Å². The summed E-state index contributed by atoms with van der Waals surface area (Å²) < 4.78 is 91.4. The molecule has 0 fully saturated rings. The van der Waals surface area contributed by atoms with Crippen molar-refractivity contribution in [2.75, 3.05) is 6.54 Å². The number of allylic oxidation sites excluding steroid dienone is 4. The molecule has 0 radical (unpaired) electrons. The standard InChI is InChI=1S/C10H6F7N/c11-6-7(18-4-2-1-3-5-18)9(14,15)10(16,17)8(6,12)13/h1-4H,5H2. The first-order valence-electron chi connectivity index (χ1n) is 4.78. The quantitative estimate of drug-likeness (QED) is 0.661. The van der Waals surface area contributed by atoms with Gasteiger partial charge in [0.1, 0.15) is 5.70 Å². The molecule has 18 heavy (non-hydrogen) atoms. The minimum absolute atomic E-state index is 0.337. The third kappa shape index (κ3) is 1.34. The summed E-state index contributed by atoms with van der Waals surface area (Å²) in [6.45, 7) is -0.388. The Labute approximate surface area is 96.9 Å². The molecule has 1 nitrogen and oxygen atoms in total. The Morgan fingerprint density at radius 2 is 1.56 bits per heavy atom. The van der Waals surface area contributed by atoms with E-state index in [-0.39, 0.29) is 6.54 Å². The van der Waals surface area contributed by atoms with Crippen molar-refractivity contribution in [3.8, 4) is 0 Å². The van der Waals surface area contributed by atoms with Gasteiger partial charge in [-0.3, -0.25) is 0 Å². The van der Waals surface area contributed by atoms with Crippen LogP contribution in [-0.2, 0) is 0 Å². The van der Waals surface area contributed by atoms with Gasteiger partial charge in [-0.25, -0.2) is 4.39 Å². The van der Waals surface area contributed by atoms with Gasteiger partial charge in [0, 0.05) is 12.7 Å². The molecule has 1 heterocycles. The van der Waals surface area contributed by atoms with E-state index in [1.807, 2.05) is 0 Å². The van der Waals surface area contributed by atoms with Crippen molar-refractivity contribution in [1.82, 2.24) is 4.90 Å². The molecular formula is C10H6F7N. The average Bonchev–Trinajstić information content (AvgIpc) is 2.37. The highest BCUT2D eigenvalue weighted by Gasteiger charge is 2.82. The Balaban J connectivity index is 2.55. The summed E-state index contributed by atoms with van der Waals surface area (Å²) >= 11 is 0. The van der Waals surface area contributed by atoms with Gasteiger partial charge in [-0.1, -0.05) is 12.2 Å². The number of nitrogens with zero attached hydrogens (tertiary/aromatic N) is 1. The van der Waals surface area contributed by atoms with Crippen LogP contribution in [0.2, 0.25) is 0 Å². The SMILES string of the molecule is FC1=C(N2C=CC=CC2)C(F)(F)C(F)(F)C1(F)F. The summed E-state index contributed by atoms with van der Waals surface area (Å²) in [6, 6.07) is 0. The van der Waals surface area contributed by atoms with E-state index in [0.29, 0.717) is 4.90 Å². The molecule has 2 rings (SSSR count). The Morgan fingerprint density at radius 3 is 1.94 bits per heavy atom. The molecule has 0 bridgehead atoms. The second-order valence-electron chi connectivity index (χ2n) is 3.81. The highest BCUT2D eigenvalue weighted by atomic mass is 19.3. The fourth-order valence-corrected chi connectivity index (χ4v) is 1.71. The minimum Gasteiger partial charge on any atom is -0.340 e. The summed E-state index contributed by atoms with van der Waals surface area (Å²) in [5.41, 5.74) is -1.99. The van der Waals surface area contributed by atoms with Crippen LogP contribution in [-0.4, -0.2) is 29.2 Å². The molecule has 0 aromatic heterocycles. The Bertz CT molecular complexity index is 461. The van der Waals surface area contributed by atoms with Crippen LogP contribution in [0.25, 0.3) is 0 Å². The lowest BCUT2D eigenvalue weighted by molar-refractivity contribution is -0.270. The summed E-state index contributed by atoms with van der Waals surface area (Å²) in [4.78, 5) is 0.337. The first-order valence-corrected chi connectivity index (χ1v) is 4.78. The van der Waals surface area contributed by atoms with E-state index in [9.17, 15) is 30.7 Å². The predicted octanol–water partition coefficient (Wildman–Crippen LogP) is 3.47. The molecule has 1 aliphatic carbocycles. The number of hydrogen-bond donors (Lipinski definition) is 0. The maximum Gasteiger partial charge on any atom is 0.384 e. The Kier molecular flexibility index (Phi) is 2.54. The molecule has 0 spiro atoms. The van der Waals surface area contributed by atoms with Crippen molar-refractivity contribution in [1.29, 1.82) is 0 Å². The highest BCUT2D eigenvalue weighted by Crippen LogP contribution is 2.60. The lowest BCUT2D eigenvalue weighted by Crippen LogP contribution is -2.50. The molecule has 0 aromatic carbocycles. The summed E-state index contributed by atoms with van der Waals surface area (Å²) in [6.07, 6.45) is 4.61. The average molecular weight is 273 g/mol. The van der Waals surface area contributed by atoms with Gasteiger partial charge in [-0.15, -0.1) is 0 Å². The van der Waals surface area contributed by atoms with E-state index in [1.54, 1.807) is 0 Å². The maximum atomic E-state index is 13.3. The third-order valence-corrected chi connectivity index (χ3v) is 2.67. The molecule has 0 saturated heterocycles. The van der Waals surface area contributed by atoms with Crippen LogP contribution in [0.3, 0.4) is 0 Å². The van der Waals surface area contributed by atoms with Crippen LogP contribution in [0.1, 0.15) is 0 Å². The second-order valence-corrected chi connectivity index (χ2v) is 3.81. The predicted molar refractivity (Wildman–Crippen MR) is 48.0 cm³/mol. The fraction of sp³-hybridized carbons (Fsp3) is 0.400. The monoisotopic (exact) mass is 273 g/mol. The molecule has 0 atom stereocenters. The molecule has 0 aromatic rings. The van der Waals surface area contributed by atoms with Crippen molar-refractivity contribution in [3.63, 3.8) is 0 Å². The summed E-state index contributed by atoms with van der Waals surface area (Å²) in [7, 11) is 0. The molecule has 0 amide bonds. The molecule has 2 aliphatic rings. The van der Waals surface area contributed by atoms with Crippen molar-refractivity contribution < 1.29 is 30.7 Å². The molecule has 100 valence electrons. The van der Waals surface area contributed by atoms with Crippen LogP contribution < -0.4 is 0 Å². The molecular weight excluding hydrogens is 267 g/mol. The first kappa shape index (κ1) is 13.0. The molecule has 0 N–H and O–H groups in total. The lowest BCUT2D eigenvalue weighted by Gasteiger charge is -2.28. The zero-order valence-corrected chi connectivity index (χ0v) is 8.61. The van der Waals surface area contributed by atoms with Gasteiger partial charge in [-0.2, -0.15) is 26.3 Å². The van der Waals surface area contributed by atoms with Crippen molar-refractivity contribution in [3.05, 3.63) is 36.0 Å². The van der Waals surface area contributed by atoms with Crippen LogP contribution >= 0.6 is 0 Å². The van der Waals surface area contributed by atoms with Gasteiger partial charge in [-0.05, 0) is 6.08 Å². The van der Waals surface area contributed by atoms with E-state index < -0.39 is 29.3 Å².